The number of hydrogen-bond acceptors (Lipinski definition) is 5. The maximum Gasteiger partial charge on any atom is 0.253 e. The van der Waals surface area contributed by atoms with E-state index in [1.54, 1.807) is 30.3 Å². The summed E-state index contributed by atoms with van der Waals surface area (Å²) in [5.41, 5.74) is 2.08. The Bertz CT molecular complexity index is 830. The van der Waals surface area contributed by atoms with E-state index in [0.717, 1.165) is 11.3 Å². The van der Waals surface area contributed by atoms with Crippen LogP contribution in [0.25, 0.3) is 11.4 Å². The number of carbonyl (C=O) groups excluding carboxylic acids is 1. The number of aromatic nitrogens is 3. The predicted molar refractivity (Wildman–Crippen MR) is 84.9 cm³/mol. The van der Waals surface area contributed by atoms with E-state index in [1.807, 2.05) is 13.0 Å². The second kappa shape index (κ2) is 6.58. The number of amides is 1. The molecule has 3 aromatic rings. The van der Waals surface area contributed by atoms with E-state index in [2.05, 4.69) is 20.4 Å². The first kappa shape index (κ1) is 15.2. The highest BCUT2D eigenvalue weighted by molar-refractivity contribution is 6.30. The minimum absolute atomic E-state index is 0.139. The average molecular weight is 329 g/mol. The summed E-state index contributed by atoms with van der Waals surface area (Å²) in [7, 11) is 0. The van der Waals surface area contributed by atoms with Gasteiger partial charge in [0, 0.05) is 22.5 Å². The molecule has 1 aromatic carbocycles. The molecule has 2 heterocycles. The summed E-state index contributed by atoms with van der Waals surface area (Å²) in [6.45, 7) is 2.00. The van der Waals surface area contributed by atoms with Gasteiger partial charge in [-0.1, -0.05) is 28.9 Å². The van der Waals surface area contributed by atoms with Crippen LogP contribution in [0.3, 0.4) is 0 Å². The quantitative estimate of drug-likeness (QED) is 0.796. The molecule has 0 aliphatic heterocycles. The molecule has 0 bridgehead atoms. The van der Waals surface area contributed by atoms with Crippen LogP contribution in [0.2, 0.25) is 5.02 Å². The van der Waals surface area contributed by atoms with Crippen molar-refractivity contribution in [1.29, 1.82) is 0 Å². The van der Waals surface area contributed by atoms with Crippen molar-refractivity contribution in [1.82, 2.24) is 20.4 Å². The van der Waals surface area contributed by atoms with E-state index in [4.69, 9.17) is 16.1 Å². The van der Waals surface area contributed by atoms with Crippen molar-refractivity contribution in [2.75, 3.05) is 0 Å². The maximum absolute atomic E-state index is 12.0. The fourth-order valence-electron chi connectivity index (χ4n) is 1.93. The molecule has 2 aromatic heterocycles. The van der Waals surface area contributed by atoms with Gasteiger partial charge >= 0.3 is 0 Å². The first-order valence-electron chi connectivity index (χ1n) is 6.91. The fourth-order valence-corrected chi connectivity index (χ4v) is 2.12. The summed E-state index contributed by atoms with van der Waals surface area (Å²) in [4.78, 5) is 20.3. The molecule has 0 aliphatic rings. The molecule has 7 heteroatoms. The lowest BCUT2D eigenvalue weighted by molar-refractivity contribution is 0.0946. The zero-order valence-electron chi connectivity index (χ0n) is 12.3. The molecule has 1 amide bonds. The van der Waals surface area contributed by atoms with E-state index in [-0.39, 0.29) is 12.5 Å². The van der Waals surface area contributed by atoms with Gasteiger partial charge in [-0.15, -0.1) is 0 Å². The van der Waals surface area contributed by atoms with Crippen molar-refractivity contribution < 1.29 is 9.32 Å². The molecule has 6 nitrogen and oxygen atoms in total. The number of halogens is 1. The van der Waals surface area contributed by atoms with Gasteiger partial charge in [0.1, 0.15) is 0 Å². The fraction of sp³-hybridized carbons (Fsp3) is 0.125. The Morgan fingerprint density at radius 1 is 1.30 bits per heavy atom. The third-order valence-corrected chi connectivity index (χ3v) is 3.36. The van der Waals surface area contributed by atoms with Gasteiger partial charge in [0.15, 0.2) is 0 Å². The third-order valence-electron chi connectivity index (χ3n) is 3.12. The topological polar surface area (TPSA) is 80.9 Å². The zero-order chi connectivity index (χ0) is 16.2. The molecular formula is C16H13ClN4O2. The highest BCUT2D eigenvalue weighted by Gasteiger charge is 2.11. The average Bonchev–Trinajstić information content (AvgIpc) is 3.02. The van der Waals surface area contributed by atoms with Crippen LogP contribution < -0.4 is 5.32 Å². The molecule has 1 N–H and O–H groups in total. The maximum atomic E-state index is 12.0. The smallest absolute Gasteiger partial charge is 0.253 e. The Hall–Kier alpha value is -2.73. The SMILES string of the molecule is Cc1ccc(C(=O)NCc2nc(-c3cccc(Cl)c3)no2)cn1. The van der Waals surface area contributed by atoms with Gasteiger partial charge < -0.3 is 9.84 Å². The molecule has 0 saturated heterocycles. The van der Waals surface area contributed by atoms with Crippen LogP contribution >= 0.6 is 11.6 Å². The third kappa shape index (κ3) is 3.73. The molecule has 23 heavy (non-hydrogen) atoms. The van der Waals surface area contributed by atoms with Crippen LogP contribution in [0, 0.1) is 6.92 Å². The van der Waals surface area contributed by atoms with E-state index in [0.29, 0.717) is 22.3 Å². The summed E-state index contributed by atoms with van der Waals surface area (Å²) in [6, 6.07) is 10.6. The summed E-state index contributed by atoms with van der Waals surface area (Å²) < 4.78 is 5.13. The van der Waals surface area contributed by atoms with E-state index >= 15 is 0 Å². The normalized spacial score (nSPS) is 10.5. The van der Waals surface area contributed by atoms with Crippen molar-refractivity contribution in [3.05, 3.63) is 64.8 Å². The first-order valence-corrected chi connectivity index (χ1v) is 7.29. The second-order valence-electron chi connectivity index (χ2n) is 4.89. The van der Waals surface area contributed by atoms with Crippen LogP contribution in [0.15, 0.2) is 47.1 Å². The lowest BCUT2D eigenvalue weighted by Crippen LogP contribution is -2.23. The molecule has 0 unspecified atom stereocenters. The van der Waals surface area contributed by atoms with Crippen LogP contribution in [0.4, 0.5) is 0 Å². The van der Waals surface area contributed by atoms with Gasteiger partial charge in [0.05, 0.1) is 12.1 Å². The molecule has 0 fully saturated rings. The van der Waals surface area contributed by atoms with Gasteiger partial charge in [-0.3, -0.25) is 9.78 Å². The van der Waals surface area contributed by atoms with E-state index in [9.17, 15) is 4.79 Å². The van der Waals surface area contributed by atoms with Crippen LogP contribution in [-0.2, 0) is 6.54 Å². The predicted octanol–water partition coefficient (Wildman–Crippen LogP) is 3.02. The summed E-state index contributed by atoms with van der Waals surface area (Å²) in [5, 5.41) is 7.18. The molecule has 0 radical (unpaired) electrons. The van der Waals surface area contributed by atoms with Crippen molar-refractivity contribution in [2.45, 2.75) is 13.5 Å². The number of benzene rings is 1. The number of aryl methyl sites for hydroxylation is 1. The van der Waals surface area contributed by atoms with Crippen LogP contribution in [0.1, 0.15) is 21.9 Å². The second-order valence-corrected chi connectivity index (χ2v) is 5.33. The Morgan fingerprint density at radius 2 is 2.17 bits per heavy atom. The molecule has 0 spiro atoms. The van der Waals surface area contributed by atoms with E-state index in [1.165, 1.54) is 6.20 Å². The van der Waals surface area contributed by atoms with Crippen LogP contribution in [-0.4, -0.2) is 21.0 Å². The molecule has 0 aliphatic carbocycles. The Morgan fingerprint density at radius 3 is 2.91 bits per heavy atom. The Balaban J connectivity index is 1.65. The standard InChI is InChI=1S/C16H13ClN4O2/c1-10-5-6-12(8-18-10)16(22)19-9-14-20-15(21-23-14)11-3-2-4-13(17)7-11/h2-8H,9H2,1H3,(H,19,22). The van der Waals surface area contributed by atoms with Crippen LogP contribution in [0.5, 0.6) is 0 Å². The number of pyridine rings is 1. The Labute approximate surface area is 137 Å². The number of nitrogens with one attached hydrogen (secondary N) is 1. The number of carbonyl (C=O) groups is 1. The number of rotatable bonds is 4. The number of hydrogen-bond donors (Lipinski definition) is 1. The lowest BCUT2D eigenvalue weighted by Gasteiger charge is -2.01. The highest BCUT2D eigenvalue weighted by atomic mass is 35.5. The molecule has 3 rings (SSSR count). The monoisotopic (exact) mass is 328 g/mol. The van der Waals surface area contributed by atoms with Crippen molar-refractivity contribution in [2.24, 2.45) is 0 Å². The molecule has 0 saturated carbocycles. The molecular weight excluding hydrogens is 316 g/mol. The largest absolute Gasteiger partial charge is 0.343 e. The van der Waals surface area contributed by atoms with Crippen molar-refractivity contribution in [3.8, 4) is 11.4 Å². The summed E-state index contributed by atoms with van der Waals surface area (Å²) in [5.74, 6) is 0.488. The first-order chi connectivity index (χ1) is 11.1. The zero-order valence-corrected chi connectivity index (χ0v) is 13.0. The summed E-state index contributed by atoms with van der Waals surface area (Å²) >= 11 is 5.93. The van der Waals surface area contributed by atoms with E-state index < -0.39 is 0 Å². The lowest BCUT2D eigenvalue weighted by atomic mass is 10.2. The Kier molecular flexibility index (Phi) is 4.34. The van der Waals surface area contributed by atoms with Gasteiger partial charge in [-0.25, -0.2) is 0 Å². The summed E-state index contributed by atoms with van der Waals surface area (Å²) in [6.07, 6.45) is 1.52. The van der Waals surface area contributed by atoms with Gasteiger partial charge in [-0.05, 0) is 31.2 Å². The minimum Gasteiger partial charge on any atom is -0.343 e. The minimum atomic E-state index is -0.250. The van der Waals surface area contributed by atoms with Gasteiger partial charge in [-0.2, -0.15) is 4.98 Å². The van der Waals surface area contributed by atoms with Crippen molar-refractivity contribution >= 4 is 17.5 Å². The highest BCUT2D eigenvalue weighted by Crippen LogP contribution is 2.19. The van der Waals surface area contributed by atoms with Gasteiger partial charge in [0.25, 0.3) is 5.91 Å². The number of nitrogens with zero attached hydrogens (tertiary/aromatic N) is 3. The van der Waals surface area contributed by atoms with Crippen molar-refractivity contribution in [3.63, 3.8) is 0 Å². The molecule has 116 valence electrons. The van der Waals surface area contributed by atoms with Gasteiger partial charge in [0.2, 0.25) is 11.7 Å². The molecule has 0 atom stereocenters.